The predicted molar refractivity (Wildman–Crippen MR) is 118 cm³/mol. The number of aliphatic carboxylic acids is 1. The highest BCUT2D eigenvalue weighted by molar-refractivity contribution is 5.90. The fourth-order valence-corrected chi connectivity index (χ4v) is 7.50. The van der Waals surface area contributed by atoms with E-state index >= 15 is 0 Å². The Labute approximate surface area is 182 Å². The predicted octanol–water partition coefficient (Wildman–Crippen LogP) is 5.92. The molecular weight excluding hydrogens is 376 g/mol. The van der Waals surface area contributed by atoms with Crippen molar-refractivity contribution < 1.29 is 19.5 Å². The maximum atomic E-state index is 13.8. The van der Waals surface area contributed by atoms with Gasteiger partial charge in [-0.05, 0) is 60.7 Å². The Morgan fingerprint density at radius 3 is 2.30 bits per heavy atom. The molecule has 4 nitrogen and oxygen atoms in total. The summed E-state index contributed by atoms with van der Waals surface area (Å²) in [5.41, 5.74) is -0.524. The van der Waals surface area contributed by atoms with E-state index in [4.69, 9.17) is 0 Å². The van der Waals surface area contributed by atoms with Crippen molar-refractivity contribution >= 4 is 17.5 Å². The highest BCUT2D eigenvalue weighted by atomic mass is 16.4. The van der Waals surface area contributed by atoms with E-state index in [0.29, 0.717) is 30.5 Å². The van der Waals surface area contributed by atoms with Crippen molar-refractivity contribution in [1.82, 2.24) is 0 Å². The van der Waals surface area contributed by atoms with Crippen LogP contribution in [0.3, 0.4) is 0 Å². The summed E-state index contributed by atoms with van der Waals surface area (Å²) in [7, 11) is 0. The highest BCUT2D eigenvalue weighted by Crippen LogP contribution is 2.61. The topological polar surface area (TPSA) is 71.4 Å². The summed E-state index contributed by atoms with van der Waals surface area (Å²) < 4.78 is 0. The zero-order chi connectivity index (χ0) is 22.3. The van der Waals surface area contributed by atoms with E-state index in [1.165, 1.54) is 19.3 Å². The van der Waals surface area contributed by atoms with Crippen molar-refractivity contribution in [2.45, 2.75) is 98.8 Å². The molecule has 0 aromatic carbocycles. The lowest BCUT2D eigenvalue weighted by Gasteiger charge is -2.51. The van der Waals surface area contributed by atoms with E-state index in [1.807, 2.05) is 6.92 Å². The van der Waals surface area contributed by atoms with Crippen LogP contribution in [0.1, 0.15) is 98.8 Å². The van der Waals surface area contributed by atoms with Crippen molar-refractivity contribution in [3.63, 3.8) is 0 Å². The van der Waals surface area contributed by atoms with Crippen LogP contribution in [-0.4, -0.2) is 22.6 Å². The van der Waals surface area contributed by atoms with Crippen LogP contribution in [0.15, 0.2) is 0 Å². The van der Waals surface area contributed by atoms with Gasteiger partial charge in [0.05, 0.1) is 5.92 Å². The highest BCUT2D eigenvalue weighted by Gasteiger charge is 2.60. The number of carboxylic acid groups (broad SMARTS) is 1. The molecule has 3 fully saturated rings. The van der Waals surface area contributed by atoms with Crippen LogP contribution >= 0.6 is 0 Å². The molecule has 0 aliphatic heterocycles. The Hall–Kier alpha value is -1.19. The molecule has 3 aliphatic rings. The number of rotatable bonds is 7. The van der Waals surface area contributed by atoms with Crippen molar-refractivity contribution in [1.29, 1.82) is 0 Å². The lowest BCUT2D eigenvalue weighted by Crippen LogP contribution is -2.52. The molecule has 3 aliphatic carbocycles. The summed E-state index contributed by atoms with van der Waals surface area (Å²) in [6, 6.07) is 0. The third-order valence-electron chi connectivity index (χ3n) is 9.46. The van der Waals surface area contributed by atoms with Crippen LogP contribution in [0.2, 0.25) is 0 Å². The molecule has 0 aromatic rings. The van der Waals surface area contributed by atoms with Gasteiger partial charge in [-0.2, -0.15) is 0 Å². The molecule has 4 heteroatoms. The van der Waals surface area contributed by atoms with Crippen molar-refractivity contribution in [3.05, 3.63) is 0 Å². The third-order valence-corrected chi connectivity index (χ3v) is 9.46. The van der Waals surface area contributed by atoms with Crippen LogP contribution in [-0.2, 0) is 14.4 Å². The number of hydrogen-bond acceptors (Lipinski definition) is 3. The Kier molecular flexibility index (Phi) is 6.84. The second kappa shape index (κ2) is 8.74. The molecule has 170 valence electrons. The maximum Gasteiger partial charge on any atom is 0.307 e. The maximum absolute atomic E-state index is 13.8. The van der Waals surface area contributed by atoms with Gasteiger partial charge in [0, 0.05) is 24.7 Å². The first-order chi connectivity index (χ1) is 14.0. The molecule has 0 aromatic heterocycles. The number of fused-ring (bicyclic) bond motifs is 1. The Bertz CT molecular complexity index is 683. The minimum atomic E-state index is -0.908. The van der Waals surface area contributed by atoms with Crippen molar-refractivity contribution in [2.24, 2.45) is 46.3 Å². The Morgan fingerprint density at radius 2 is 1.67 bits per heavy atom. The first-order valence-corrected chi connectivity index (χ1v) is 12.3. The molecule has 0 heterocycles. The molecule has 3 rings (SSSR count). The summed E-state index contributed by atoms with van der Waals surface area (Å²) in [5.74, 6) is 0.545. The number of hydrogen-bond donors (Lipinski definition) is 1. The summed E-state index contributed by atoms with van der Waals surface area (Å²) in [4.78, 5) is 37.7. The van der Waals surface area contributed by atoms with Gasteiger partial charge in [0.2, 0.25) is 0 Å². The van der Waals surface area contributed by atoms with Crippen LogP contribution in [0, 0.1) is 46.3 Å². The monoisotopic (exact) mass is 418 g/mol. The number of carboxylic acids is 1. The lowest BCUT2D eigenvalue weighted by molar-refractivity contribution is -0.160. The molecule has 3 saturated carbocycles. The zero-order valence-corrected chi connectivity index (χ0v) is 19.7. The smallest absolute Gasteiger partial charge is 0.307 e. The average molecular weight is 419 g/mol. The molecule has 0 amide bonds. The molecule has 0 bridgehead atoms. The van der Waals surface area contributed by atoms with Crippen molar-refractivity contribution in [2.75, 3.05) is 0 Å². The Morgan fingerprint density at radius 1 is 1.00 bits per heavy atom. The van der Waals surface area contributed by atoms with Crippen LogP contribution in [0.4, 0.5) is 0 Å². The summed E-state index contributed by atoms with van der Waals surface area (Å²) in [6.45, 7) is 11.3. The van der Waals surface area contributed by atoms with Gasteiger partial charge in [-0.25, -0.2) is 0 Å². The number of Topliss-reactive ketones (excluding diaryl/α,β-unsaturated/α-hetero) is 2. The van der Waals surface area contributed by atoms with Crippen LogP contribution in [0.25, 0.3) is 0 Å². The molecule has 0 saturated heterocycles. The van der Waals surface area contributed by atoms with Gasteiger partial charge in [-0.3, -0.25) is 14.4 Å². The standard InChI is InChI=1S/C26H42O4/c1-16(2)7-6-8-17(3)19-9-10-20-23(28)21(12-14-25(19,20)4)26(5)13-11-18(27)15-22(26)24(29)30/h16-17,19-22H,6-15H2,1-5H3,(H,29,30)/t17?,19-,20+,21+,22-,25-,26-/m1/s1. The van der Waals surface area contributed by atoms with Gasteiger partial charge < -0.3 is 5.11 Å². The van der Waals surface area contributed by atoms with Gasteiger partial charge >= 0.3 is 5.97 Å². The molecular formula is C26H42O4. The van der Waals surface area contributed by atoms with E-state index in [-0.39, 0.29) is 29.5 Å². The van der Waals surface area contributed by atoms with E-state index in [1.54, 1.807) is 0 Å². The minimum Gasteiger partial charge on any atom is -0.481 e. The molecule has 0 radical (unpaired) electrons. The number of carbonyl (C=O) groups excluding carboxylic acids is 2. The van der Waals surface area contributed by atoms with Gasteiger partial charge in [-0.1, -0.05) is 53.9 Å². The average Bonchev–Trinajstić information content (AvgIpc) is 3.01. The quantitative estimate of drug-likeness (QED) is 0.557. The van der Waals surface area contributed by atoms with Crippen LogP contribution < -0.4 is 0 Å². The van der Waals surface area contributed by atoms with Gasteiger partial charge in [0.1, 0.15) is 11.6 Å². The van der Waals surface area contributed by atoms with Crippen LogP contribution in [0.5, 0.6) is 0 Å². The summed E-state index contributed by atoms with van der Waals surface area (Å²) >= 11 is 0. The largest absolute Gasteiger partial charge is 0.481 e. The van der Waals surface area contributed by atoms with E-state index < -0.39 is 17.3 Å². The first-order valence-electron chi connectivity index (χ1n) is 12.3. The molecule has 1 N–H and O–H groups in total. The molecule has 30 heavy (non-hydrogen) atoms. The van der Waals surface area contributed by atoms with Gasteiger partial charge in [0.25, 0.3) is 0 Å². The second-order valence-corrected chi connectivity index (χ2v) is 11.7. The van der Waals surface area contributed by atoms with Crippen molar-refractivity contribution in [3.8, 4) is 0 Å². The zero-order valence-electron chi connectivity index (χ0n) is 19.7. The lowest BCUT2D eigenvalue weighted by atomic mass is 9.51. The third kappa shape index (κ3) is 4.12. The minimum absolute atomic E-state index is 0.0316. The number of ketones is 2. The van der Waals surface area contributed by atoms with Gasteiger partial charge in [-0.15, -0.1) is 0 Å². The fourth-order valence-electron chi connectivity index (χ4n) is 7.50. The first kappa shape index (κ1) is 23.5. The van der Waals surface area contributed by atoms with E-state index in [9.17, 15) is 19.5 Å². The second-order valence-electron chi connectivity index (χ2n) is 11.7. The Balaban J connectivity index is 1.75. The fraction of sp³-hybridized carbons (Fsp3) is 0.885. The molecule has 7 atom stereocenters. The molecule has 1 unspecified atom stereocenters. The molecule has 0 spiro atoms. The van der Waals surface area contributed by atoms with Gasteiger partial charge in [0.15, 0.2) is 0 Å². The summed E-state index contributed by atoms with van der Waals surface area (Å²) in [5, 5.41) is 9.82. The van der Waals surface area contributed by atoms with E-state index in [0.717, 1.165) is 31.6 Å². The summed E-state index contributed by atoms with van der Waals surface area (Å²) in [6.07, 6.45) is 8.71. The number of carbonyl (C=O) groups is 3. The van der Waals surface area contributed by atoms with E-state index in [2.05, 4.69) is 27.7 Å². The normalized spacial score (nSPS) is 40.5. The SMILES string of the molecule is CC(C)CCCC(C)[C@H]1CC[C@H]2C(=O)[C@@H]([C@@]3(C)CCC(=O)C[C@@H]3C(=O)O)CC[C@]12C.